The van der Waals surface area contributed by atoms with Crippen molar-refractivity contribution in [3.05, 3.63) is 70.5 Å². The Hall–Kier alpha value is -3.52. The van der Waals surface area contributed by atoms with Crippen LogP contribution in [0.1, 0.15) is 29.8 Å². The predicted octanol–water partition coefficient (Wildman–Crippen LogP) is 3.58. The molecule has 1 aromatic heterocycles. The SMILES string of the molecule is CCOC(=O)Cn1c(=NC(=O)C=Cc2ccccc2)sc2cc(C(=O)OCC)ccc21. The molecule has 1 heterocycles. The molecular formula is C23H22N2O5S. The molecule has 0 saturated heterocycles. The van der Waals surface area contributed by atoms with E-state index in [2.05, 4.69) is 4.99 Å². The van der Waals surface area contributed by atoms with E-state index in [0.717, 1.165) is 5.56 Å². The minimum atomic E-state index is -0.460. The quantitative estimate of drug-likeness (QED) is 0.416. The van der Waals surface area contributed by atoms with Gasteiger partial charge in [0.2, 0.25) is 0 Å². The Morgan fingerprint density at radius 1 is 1.03 bits per heavy atom. The summed E-state index contributed by atoms with van der Waals surface area (Å²) >= 11 is 1.21. The fourth-order valence-corrected chi connectivity index (χ4v) is 3.93. The molecule has 0 aliphatic heterocycles. The molecule has 0 aliphatic rings. The van der Waals surface area contributed by atoms with Gasteiger partial charge in [-0.2, -0.15) is 4.99 Å². The standard InChI is InChI=1S/C23H22N2O5S/c1-3-29-21(27)15-25-18-12-11-17(22(28)30-4-2)14-19(18)31-23(25)24-20(26)13-10-16-8-6-5-7-9-16/h5-14H,3-4,15H2,1-2H3. The lowest BCUT2D eigenvalue weighted by Crippen LogP contribution is -2.22. The second-order valence-corrected chi connectivity index (χ2v) is 7.38. The lowest BCUT2D eigenvalue weighted by molar-refractivity contribution is -0.143. The highest BCUT2D eigenvalue weighted by atomic mass is 32.1. The number of thiazole rings is 1. The molecule has 7 nitrogen and oxygen atoms in total. The molecule has 1 amide bonds. The molecule has 0 N–H and O–H groups in total. The van der Waals surface area contributed by atoms with Gasteiger partial charge in [-0.25, -0.2) is 4.79 Å². The Kier molecular flexibility index (Phi) is 7.50. The van der Waals surface area contributed by atoms with Crippen molar-refractivity contribution in [3.8, 4) is 0 Å². The highest BCUT2D eigenvalue weighted by molar-refractivity contribution is 7.16. The molecule has 31 heavy (non-hydrogen) atoms. The monoisotopic (exact) mass is 438 g/mol. The van der Waals surface area contributed by atoms with Crippen molar-refractivity contribution in [2.24, 2.45) is 4.99 Å². The van der Waals surface area contributed by atoms with Crippen molar-refractivity contribution in [3.63, 3.8) is 0 Å². The molecule has 0 spiro atoms. The minimum Gasteiger partial charge on any atom is -0.465 e. The molecule has 0 bridgehead atoms. The number of carbonyl (C=O) groups excluding carboxylic acids is 3. The van der Waals surface area contributed by atoms with Crippen LogP contribution in [0.5, 0.6) is 0 Å². The molecule has 160 valence electrons. The highest BCUT2D eigenvalue weighted by Gasteiger charge is 2.14. The largest absolute Gasteiger partial charge is 0.465 e. The summed E-state index contributed by atoms with van der Waals surface area (Å²) in [5.74, 6) is -1.33. The summed E-state index contributed by atoms with van der Waals surface area (Å²) in [6, 6.07) is 14.4. The van der Waals surface area contributed by atoms with Gasteiger partial charge in [0, 0.05) is 6.08 Å². The second-order valence-electron chi connectivity index (χ2n) is 6.37. The van der Waals surface area contributed by atoms with Crippen molar-refractivity contribution in [1.29, 1.82) is 0 Å². The molecule has 0 unspecified atom stereocenters. The van der Waals surface area contributed by atoms with Crippen LogP contribution >= 0.6 is 11.3 Å². The number of carbonyl (C=O) groups is 3. The average molecular weight is 439 g/mol. The summed E-state index contributed by atoms with van der Waals surface area (Å²) in [5, 5.41) is 0. The molecule has 0 saturated carbocycles. The predicted molar refractivity (Wildman–Crippen MR) is 118 cm³/mol. The lowest BCUT2D eigenvalue weighted by atomic mass is 10.2. The van der Waals surface area contributed by atoms with Crippen molar-refractivity contribution < 1.29 is 23.9 Å². The van der Waals surface area contributed by atoms with Gasteiger partial charge in [-0.15, -0.1) is 0 Å². The maximum absolute atomic E-state index is 12.4. The Morgan fingerprint density at radius 2 is 1.77 bits per heavy atom. The smallest absolute Gasteiger partial charge is 0.338 e. The maximum atomic E-state index is 12.4. The third-order valence-corrected chi connectivity index (χ3v) is 5.25. The summed E-state index contributed by atoms with van der Waals surface area (Å²) in [4.78, 5) is 41.1. The second kappa shape index (κ2) is 10.5. The molecular weight excluding hydrogens is 416 g/mol. The van der Waals surface area contributed by atoms with E-state index in [1.165, 1.54) is 17.4 Å². The molecule has 0 aliphatic carbocycles. The summed E-state index contributed by atoms with van der Waals surface area (Å²) in [7, 11) is 0. The summed E-state index contributed by atoms with van der Waals surface area (Å²) in [6.07, 6.45) is 3.05. The highest BCUT2D eigenvalue weighted by Crippen LogP contribution is 2.20. The molecule has 0 atom stereocenters. The Morgan fingerprint density at radius 3 is 2.48 bits per heavy atom. The summed E-state index contributed by atoms with van der Waals surface area (Å²) in [6.45, 7) is 3.89. The van der Waals surface area contributed by atoms with Crippen LogP contribution < -0.4 is 4.80 Å². The van der Waals surface area contributed by atoms with Gasteiger partial charge in [-0.1, -0.05) is 41.7 Å². The van der Waals surface area contributed by atoms with Crippen molar-refractivity contribution in [1.82, 2.24) is 4.57 Å². The zero-order valence-corrected chi connectivity index (χ0v) is 18.1. The first-order valence-electron chi connectivity index (χ1n) is 9.79. The van der Waals surface area contributed by atoms with Crippen LogP contribution in [0.2, 0.25) is 0 Å². The number of fused-ring (bicyclic) bond motifs is 1. The molecule has 2 aromatic carbocycles. The number of aromatic nitrogens is 1. The van der Waals surface area contributed by atoms with Crippen LogP contribution in [-0.2, 0) is 25.6 Å². The van der Waals surface area contributed by atoms with E-state index in [9.17, 15) is 14.4 Å². The summed E-state index contributed by atoms with van der Waals surface area (Å²) in [5.41, 5.74) is 1.94. The molecule has 3 rings (SSSR count). The molecule has 3 aromatic rings. The fraction of sp³-hybridized carbons (Fsp3) is 0.217. The van der Waals surface area contributed by atoms with Crippen molar-refractivity contribution >= 4 is 45.5 Å². The van der Waals surface area contributed by atoms with Gasteiger partial charge in [0.25, 0.3) is 5.91 Å². The molecule has 0 fully saturated rings. The average Bonchev–Trinajstić information content (AvgIpc) is 3.09. The van der Waals surface area contributed by atoms with Crippen LogP contribution in [0, 0.1) is 0 Å². The Labute approximate surface area is 183 Å². The van der Waals surface area contributed by atoms with Gasteiger partial charge in [0.05, 0.1) is 29.0 Å². The number of benzene rings is 2. The van der Waals surface area contributed by atoms with E-state index >= 15 is 0 Å². The maximum Gasteiger partial charge on any atom is 0.338 e. The van der Waals surface area contributed by atoms with Gasteiger partial charge < -0.3 is 14.0 Å². The third-order valence-electron chi connectivity index (χ3n) is 4.21. The van der Waals surface area contributed by atoms with E-state index in [4.69, 9.17) is 9.47 Å². The van der Waals surface area contributed by atoms with Crippen molar-refractivity contribution in [2.45, 2.75) is 20.4 Å². The number of esters is 2. The normalized spacial score (nSPS) is 11.7. The van der Waals surface area contributed by atoms with E-state index < -0.39 is 17.8 Å². The van der Waals surface area contributed by atoms with Gasteiger partial charge in [-0.05, 0) is 43.7 Å². The zero-order valence-electron chi connectivity index (χ0n) is 17.2. The number of nitrogens with zero attached hydrogens (tertiary/aromatic N) is 2. The van der Waals surface area contributed by atoms with Crippen LogP contribution in [0.3, 0.4) is 0 Å². The van der Waals surface area contributed by atoms with Crippen LogP contribution in [-0.4, -0.2) is 35.6 Å². The van der Waals surface area contributed by atoms with Gasteiger partial charge in [0.15, 0.2) is 4.80 Å². The number of hydrogen-bond donors (Lipinski definition) is 0. The van der Waals surface area contributed by atoms with E-state index in [1.807, 2.05) is 30.3 Å². The number of rotatable bonds is 7. The number of amides is 1. The fourth-order valence-electron chi connectivity index (χ4n) is 2.85. The Balaban J connectivity index is 2.01. The van der Waals surface area contributed by atoms with E-state index in [1.54, 1.807) is 42.7 Å². The van der Waals surface area contributed by atoms with Crippen LogP contribution in [0.15, 0.2) is 59.6 Å². The van der Waals surface area contributed by atoms with E-state index in [0.29, 0.717) is 20.6 Å². The Bertz CT molecular complexity index is 1190. The first-order chi connectivity index (χ1) is 15.0. The van der Waals surface area contributed by atoms with E-state index in [-0.39, 0.29) is 19.8 Å². The molecule has 0 radical (unpaired) electrons. The van der Waals surface area contributed by atoms with Gasteiger partial charge in [0.1, 0.15) is 6.54 Å². The van der Waals surface area contributed by atoms with Crippen molar-refractivity contribution in [2.75, 3.05) is 13.2 Å². The molecule has 8 heteroatoms. The minimum absolute atomic E-state index is 0.0961. The topological polar surface area (TPSA) is 87.0 Å². The van der Waals surface area contributed by atoms with Crippen LogP contribution in [0.4, 0.5) is 0 Å². The lowest BCUT2D eigenvalue weighted by Gasteiger charge is -2.06. The third kappa shape index (κ3) is 5.76. The first kappa shape index (κ1) is 22.2. The summed E-state index contributed by atoms with van der Waals surface area (Å²) < 4.78 is 12.4. The first-order valence-corrected chi connectivity index (χ1v) is 10.6. The number of ether oxygens (including phenoxy) is 2. The zero-order chi connectivity index (χ0) is 22.2. The van der Waals surface area contributed by atoms with Crippen LogP contribution in [0.25, 0.3) is 16.3 Å². The van der Waals surface area contributed by atoms with Gasteiger partial charge >= 0.3 is 11.9 Å². The number of hydrogen-bond acceptors (Lipinski definition) is 6. The van der Waals surface area contributed by atoms with Gasteiger partial charge in [-0.3, -0.25) is 9.59 Å².